The number of benzene rings is 3. The van der Waals surface area contributed by atoms with Crippen LogP contribution in [0.25, 0.3) is 10.8 Å². The van der Waals surface area contributed by atoms with E-state index in [0.717, 1.165) is 6.07 Å². The number of H-pyrrole nitrogens is 1. The maximum Gasteiger partial charge on any atom is 0.290 e. The van der Waals surface area contributed by atoms with Gasteiger partial charge in [0, 0.05) is 10.9 Å². The van der Waals surface area contributed by atoms with Gasteiger partial charge in [0.05, 0.1) is 21.0 Å². The Hall–Kier alpha value is -4.22. The summed E-state index contributed by atoms with van der Waals surface area (Å²) in [6.07, 6.45) is 0. The first-order valence-electron chi connectivity index (χ1n) is 9.72. The van der Waals surface area contributed by atoms with Crippen LogP contribution in [0, 0.1) is 0 Å². The number of hydrogen-bond acceptors (Lipinski definition) is 6. The van der Waals surface area contributed by atoms with E-state index in [2.05, 4.69) is 25.8 Å². The second-order valence-corrected chi connectivity index (χ2v) is 9.06. The van der Waals surface area contributed by atoms with Crippen LogP contribution >= 0.6 is 11.6 Å². The van der Waals surface area contributed by atoms with E-state index < -0.39 is 27.4 Å². The van der Waals surface area contributed by atoms with Crippen LogP contribution in [-0.4, -0.2) is 30.4 Å². The van der Waals surface area contributed by atoms with Crippen LogP contribution in [0.5, 0.6) is 0 Å². The third-order valence-corrected chi connectivity index (χ3v) is 6.42. The standard InChI is InChI=1S/C22H16ClN5O5S/c23-17-10-3-4-11-18(17)28-34(32,33)14-7-5-6-13(12-14)20(29)25-27-22(31)19-15-8-1-2-9-16(15)21(30)26-24-19/h1-12,28H,(H,25,29)(H,26,30)(H,27,31). The molecule has 34 heavy (non-hydrogen) atoms. The molecule has 12 heteroatoms. The average Bonchev–Trinajstić information content (AvgIpc) is 2.84. The molecule has 172 valence electrons. The zero-order chi connectivity index (χ0) is 24.3. The van der Waals surface area contributed by atoms with Crippen molar-refractivity contribution in [1.82, 2.24) is 21.0 Å². The van der Waals surface area contributed by atoms with Crippen molar-refractivity contribution in [2.75, 3.05) is 4.72 Å². The van der Waals surface area contributed by atoms with Crippen molar-refractivity contribution in [3.63, 3.8) is 0 Å². The van der Waals surface area contributed by atoms with Crippen molar-refractivity contribution in [2.45, 2.75) is 4.90 Å². The molecule has 0 atom stereocenters. The van der Waals surface area contributed by atoms with Gasteiger partial charge in [0.25, 0.3) is 27.4 Å². The molecule has 0 saturated heterocycles. The molecule has 0 aliphatic rings. The van der Waals surface area contributed by atoms with E-state index >= 15 is 0 Å². The number of sulfonamides is 1. The summed E-state index contributed by atoms with van der Waals surface area (Å²) in [5.74, 6) is -1.54. The number of anilines is 1. The first kappa shape index (κ1) is 23.0. The Labute approximate surface area is 198 Å². The number of carbonyl (C=O) groups excluding carboxylic acids is 2. The minimum atomic E-state index is -4.04. The van der Waals surface area contributed by atoms with Crippen LogP contribution < -0.4 is 21.1 Å². The average molecular weight is 498 g/mol. The molecule has 1 heterocycles. The molecule has 0 radical (unpaired) electrons. The van der Waals surface area contributed by atoms with Gasteiger partial charge in [-0.1, -0.05) is 48.0 Å². The van der Waals surface area contributed by atoms with Crippen LogP contribution in [0.4, 0.5) is 5.69 Å². The van der Waals surface area contributed by atoms with Crippen molar-refractivity contribution in [1.29, 1.82) is 0 Å². The number of aromatic amines is 1. The predicted octanol–water partition coefficient (Wildman–Crippen LogP) is 2.45. The minimum Gasteiger partial charge on any atom is -0.278 e. The zero-order valence-corrected chi connectivity index (χ0v) is 18.8. The number of aromatic nitrogens is 2. The lowest BCUT2D eigenvalue weighted by molar-refractivity contribution is 0.0844. The number of amides is 2. The fraction of sp³-hybridized carbons (Fsp3) is 0. The summed E-state index contributed by atoms with van der Waals surface area (Å²) in [5.41, 5.74) is 4.02. The summed E-state index contributed by atoms with van der Waals surface area (Å²) in [5, 5.41) is 6.76. The van der Waals surface area contributed by atoms with E-state index in [1.165, 1.54) is 36.4 Å². The summed E-state index contributed by atoms with van der Waals surface area (Å²) in [7, 11) is -4.04. The second-order valence-electron chi connectivity index (χ2n) is 6.97. The molecule has 4 rings (SSSR count). The molecule has 10 nitrogen and oxygen atoms in total. The van der Waals surface area contributed by atoms with Crippen molar-refractivity contribution in [2.24, 2.45) is 0 Å². The minimum absolute atomic E-state index is 0.0263. The van der Waals surface area contributed by atoms with Crippen LogP contribution in [0.15, 0.2) is 82.5 Å². The number of fused-ring (bicyclic) bond motifs is 1. The van der Waals surface area contributed by atoms with Gasteiger partial charge < -0.3 is 0 Å². The first-order chi connectivity index (χ1) is 16.3. The normalized spacial score (nSPS) is 11.1. The molecule has 0 bridgehead atoms. The number of hydrazine groups is 1. The lowest BCUT2D eigenvalue weighted by Crippen LogP contribution is -2.42. The van der Waals surface area contributed by atoms with Crippen LogP contribution in [0.3, 0.4) is 0 Å². The smallest absolute Gasteiger partial charge is 0.278 e. The molecule has 4 aromatic rings. The number of nitrogens with one attached hydrogen (secondary N) is 4. The van der Waals surface area contributed by atoms with E-state index in [9.17, 15) is 22.8 Å². The fourth-order valence-electron chi connectivity index (χ4n) is 3.08. The van der Waals surface area contributed by atoms with Crippen molar-refractivity contribution in [3.8, 4) is 0 Å². The maximum absolute atomic E-state index is 12.7. The SMILES string of the molecule is O=C(NNC(=O)c1n[nH]c(=O)c2ccccc12)c1cccc(S(=O)(=O)Nc2ccccc2Cl)c1. The molecule has 0 aliphatic heterocycles. The van der Waals surface area contributed by atoms with E-state index in [0.29, 0.717) is 5.39 Å². The fourth-order valence-corrected chi connectivity index (χ4v) is 4.45. The highest BCUT2D eigenvalue weighted by molar-refractivity contribution is 7.92. The number of para-hydroxylation sites is 1. The highest BCUT2D eigenvalue weighted by Crippen LogP contribution is 2.24. The molecular formula is C22H16ClN5O5S. The topological polar surface area (TPSA) is 150 Å². The Morgan fingerprint density at radius 2 is 1.53 bits per heavy atom. The number of rotatable bonds is 5. The van der Waals surface area contributed by atoms with Gasteiger partial charge in [0.2, 0.25) is 0 Å². The highest BCUT2D eigenvalue weighted by atomic mass is 35.5. The second kappa shape index (κ2) is 9.33. The zero-order valence-electron chi connectivity index (χ0n) is 17.2. The number of halogens is 1. The molecule has 0 fully saturated rings. The molecule has 2 amide bonds. The Morgan fingerprint density at radius 1 is 0.853 bits per heavy atom. The summed E-state index contributed by atoms with van der Waals surface area (Å²) in [6, 6.07) is 17.9. The van der Waals surface area contributed by atoms with Gasteiger partial charge in [-0.05, 0) is 36.4 Å². The van der Waals surface area contributed by atoms with Gasteiger partial charge in [-0.2, -0.15) is 5.10 Å². The molecule has 0 unspecified atom stereocenters. The summed E-state index contributed by atoms with van der Waals surface area (Å²) in [4.78, 5) is 36.8. The van der Waals surface area contributed by atoms with Crippen LogP contribution in [-0.2, 0) is 10.0 Å². The van der Waals surface area contributed by atoms with E-state index in [-0.39, 0.29) is 32.2 Å². The largest absolute Gasteiger partial charge is 0.290 e. The monoisotopic (exact) mass is 497 g/mol. The Bertz CT molecular complexity index is 1590. The molecule has 0 aliphatic carbocycles. The summed E-state index contributed by atoms with van der Waals surface area (Å²) >= 11 is 6.01. The Morgan fingerprint density at radius 3 is 2.29 bits per heavy atom. The predicted molar refractivity (Wildman–Crippen MR) is 126 cm³/mol. The molecule has 4 N–H and O–H groups in total. The third kappa shape index (κ3) is 4.75. The lowest BCUT2D eigenvalue weighted by atomic mass is 10.1. The van der Waals surface area contributed by atoms with Gasteiger partial charge in [0.15, 0.2) is 5.69 Å². The van der Waals surface area contributed by atoms with E-state index in [1.54, 1.807) is 30.3 Å². The molecule has 0 spiro atoms. The maximum atomic E-state index is 12.7. The quantitative estimate of drug-likeness (QED) is 0.311. The van der Waals surface area contributed by atoms with Crippen LogP contribution in [0.1, 0.15) is 20.8 Å². The number of hydrogen-bond donors (Lipinski definition) is 4. The van der Waals surface area contributed by atoms with Gasteiger partial charge in [-0.25, -0.2) is 13.5 Å². The van der Waals surface area contributed by atoms with Crippen molar-refractivity contribution in [3.05, 3.63) is 99.4 Å². The van der Waals surface area contributed by atoms with Gasteiger partial charge >= 0.3 is 0 Å². The number of nitrogens with zero attached hydrogens (tertiary/aromatic N) is 1. The molecule has 0 saturated carbocycles. The Balaban J connectivity index is 1.50. The van der Waals surface area contributed by atoms with Crippen LogP contribution in [0.2, 0.25) is 5.02 Å². The molecule has 1 aromatic heterocycles. The van der Waals surface area contributed by atoms with Gasteiger partial charge in [-0.3, -0.25) is 30.0 Å². The molecular weight excluding hydrogens is 482 g/mol. The van der Waals surface area contributed by atoms with E-state index in [1.807, 2.05) is 0 Å². The van der Waals surface area contributed by atoms with Crippen molar-refractivity contribution >= 4 is 49.9 Å². The first-order valence-corrected chi connectivity index (χ1v) is 11.6. The van der Waals surface area contributed by atoms with Gasteiger partial charge in [0.1, 0.15) is 0 Å². The van der Waals surface area contributed by atoms with Crippen molar-refractivity contribution < 1.29 is 18.0 Å². The van der Waals surface area contributed by atoms with E-state index in [4.69, 9.17) is 11.6 Å². The number of carbonyl (C=O) groups is 2. The summed E-state index contributed by atoms with van der Waals surface area (Å²) in [6.45, 7) is 0. The molecule has 3 aromatic carbocycles. The van der Waals surface area contributed by atoms with Gasteiger partial charge in [-0.15, -0.1) is 0 Å². The third-order valence-electron chi connectivity index (χ3n) is 4.73. The summed E-state index contributed by atoms with van der Waals surface area (Å²) < 4.78 is 27.8. The Kier molecular flexibility index (Phi) is 6.30. The highest BCUT2D eigenvalue weighted by Gasteiger charge is 2.19. The lowest BCUT2D eigenvalue weighted by Gasteiger charge is -2.11.